The Morgan fingerprint density at radius 1 is 1.35 bits per heavy atom. The third-order valence-electron chi connectivity index (χ3n) is 3.21. The molecule has 0 spiro atoms. The lowest BCUT2D eigenvalue weighted by Gasteiger charge is -2.00. The first kappa shape index (κ1) is 15.3. The summed E-state index contributed by atoms with van der Waals surface area (Å²) in [5.74, 6) is 0.913. The molecule has 0 amide bonds. The number of nitrogens with two attached hydrogens (primary N) is 1. The van der Waals surface area contributed by atoms with Gasteiger partial charge < -0.3 is 15.2 Å². The standard InChI is InChI=1S/C15H13FN4O2S/c1-8-11(7-23-15-18-12(17)6-13(21)19-15)20-22-14(8)9-2-4-10(16)5-3-9/h2-6H,7H2,1H3,(H3,17,18,19,21). The molecule has 0 bridgehead atoms. The molecular weight excluding hydrogens is 319 g/mol. The number of H-pyrrole nitrogens is 1. The highest BCUT2D eigenvalue weighted by molar-refractivity contribution is 7.98. The molecule has 0 radical (unpaired) electrons. The van der Waals surface area contributed by atoms with E-state index in [4.69, 9.17) is 10.3 Å². The molecule has 0 atom stereocenters. The van der Waals surface area contributed by atoms with Gasteiger partial charge in [0.15, 0.2) is 10.9 Å². The van der Waals surface area contributed by atoms with Crippen molar-refractivity contribution < 1.29 is 8.91 Å². The number of nitrogens with zero attached hydrogens (tertiary/aromatic N) is 2. The van der Waals surface area contributed by atoms with Gasteiger partial charge in [-0.25, -0.2) is 9.37 Å². The molecule has 0 saturated heterocycles. The summed E-state index contributed by atoms with van der Waals surface area (Å²) in [7, 11) is 0. The second-order valence-corrected chi connectivity index (χ2v) is 5.82. The normalized spacial score (nSPS) is 10.9. The molecule has 0 aliphatic heterocycles. The van der Waals surface area contributed by atoms with Gasteiger partial charge in [0.25, 0.3) is 5.56 Å². The van der Waals surface area contributed by atoms with Crippen LogP contribution >= 0.6 is 11.8 Å². The van der Waals surface area contributed by atoms with E-state index in [0.717, 1.165) is 16.8 Å². The number of hydrogen-bond donors (Lipinski definition) is 2. The summed E-state index contributed by atoms with van der Waals surface area (Å²) >= 11 is 1.30. The molecule has 1 aromatic carbocycles. The van der Waals surface area contributed by atoms with Gasteiger partial charge in [-0.05, 0) is 31.2 Å². The van der Waals surface area contributed by atoms with Gasteiger partial charge in [0.2, 0.25) is 0 Å². The molecule has 0 saturated carbocycles. The molecule has 0 unspecified atom stereocenters. The minimum atomic E-state index is -0.307. The molecule has 118 valence electrons. The van der Waals surface area contributed by atoms with Gasteiger partial charge in [-0.3, -0.25) is 4.79 Å². The molecule has 3 aromatic rings. The van der Waals surface area contributed by atoms with Gasteiger partial charge in [0, 0.05) is 22.9 Å². The first-order valence-corrected chi connectivity index (χ1v) is 7.72. The predicted octanol–water partition coefficient (Wildman–Crippen LogP) is 2.75. The Hall–Kier alpha value is -2.61. The number of aromatic nitrogens is 3. The highest BCUT2D eigenvalue weighted by Crippen LogP contribution is 2.29. The van der Waals surface area contributed by atoms with Crippen LogP contribution in [0.5, 0.6) is 0 Å². The molecule has 0 fully saturated rings. The summed E-state index contributed by atoms with van der Waals surface area (Å²) in [6, 6.07) is 7.23. The summed E-state index contributed by atoms with van der Waals surface area (Å²) < 4.78 is 18.3. The average molecular weight is 332 g/mol. The summed E-state index contributed by atoms with van der Waals surface area (Å²) in [4.78, 5) is 18.0. The number of thioether (sulfide) groups is 1. The van der Waals surface area contributed by atoms with Gasteiger partial charge >= 0.3 is 0 Å². The number of halogens is 1. The molecule has 3 N–H and O–H groups in total. The van der Waals surface area contributed by atoms with Crippen molar-refractivity contribution in [2.75, 3.05) is 5.73 Å². The summed E-state index contributed by atoms with van der Waals surface area (Å²) in [6.07, 6.45) is 0. The summed E-state index contributed by atoms with van der Waals surface area (Å²) in [6.45, 7) is 1.88. The van der Waals surface area contributed by atoms with Crippen molar-refractivity contribution in [3.63, 3.8) is 0 Å². The predicted molar refractivity (Wildman–Crippen MR) is 85.5 cm³/mol. The van der Waals surface area contributed by atoms with E-state index in [1.54, 1.807) is 12.1 Å². The van der Waals surface area contributed by atoms with Gasteiger partial charge in [-0.15, -0.1) is 0 Å². The molecule has 23 heavy (non-hydrogen) atoms. The second-order valence-electron chi connectivity index (χ2n) is 4.85. The monoisotopic (exact) mass is 332 g/mol. The minimum absolute atomic E-state index is 0.167. The van der Waals surface area contributed by atoms with E-state index >= 15 is 0 Å². The molecule has 3 rings (SSSR count). The van der Waals surface area contributed by atoms with Crippen molar-refractivity contribution in [1.29, 1.82) is 0 Å². The number of nitrogen functional groups attached to an aromatic ring is 1. The Balaban J connectivity index is 1.79. The molecule has 0 aliphatic carbocycles. The lowest BCUT2D eigenvalue weighted by molar-refractivity contribution is 0.426. The molecule has 2 aromatic heterocycles. The largest absolute Gasteiger partial charge is 0.383 e. The van der Waals surface area contributed by atoms with Crippen LogP contribution < -0.4 is 11.3 Å². The molecule has 2 heterocycles. The summed E-state index contributed by atoms with van der Waals surface area (Å²) in [5.41, 5.74) is 7.57. The van der Waals surface area contributed by atoms with Crippen molar-refractivity contribution >= 4 is 17.6 Å². The van der Waals surface area contributed by atoms with Crippen LogP contribution in [0.2, 0.25) is 0 Å². The fraction of sp³-hybridized carbons (Fsp3) is 0.133. The van der Waals surface area contributed by atoms with E-state index in [-0.39, 0.29) is 17.2 Å². The maximum Gasteiger partial charge on any atom is 0.253 e. The average Bonchev–Trinajstić information content (AvgIpc) is 2.86. The van der Waals surface area contributed by atoms with Gasteiger partial charge in [-0.1, -0.05) is 16.9 Å². The maximum absolute atomic E-state index is 13.0. The van der Waals surface area contributed by atoms with Crippen molar-refractivity contribution in [3.8, 4) is 11.3 Å². The lowest BCUT2D eigenvalue weighted by atomic mass is 10.1. The van der Waals surface area contributed by atoms with Crippen LogP contribution in [0.15, 0.2) is 44.8 Å². The van der Waals surface area contributed by atoms with Crippen molar-refractivity contribution in [3.05, 3.63) is 57.8 Å². The van der Waals surface area contributed by atoms with E-state index in [9.17, 15) is 9.18 Å². The quantitative estimate of drug-likeness (QED) is 0.563. The van der Waals surface area contributed by atoms with Crippen LogP contribution in [-0.4, -0.2) is 15.1 Å². The fourth-order valence-corrected chi connectivity index (χ4v) is 2.92. The molecular formula is C15H13FN4O2S. The van der Waals surface area contributed by atoms with E-state index in [1.165, 1.54) is 30.0 Å². The SMILES string of the molecule is Cc1c(CSc2nc(N)cc(=O)[nH]2)noc1-c1ccc(F)cc1. The van der Waals surface area contributed by atoms with Crippen molar-refractivity contribution in [2.45, 2.75) is 17.8 Å². The van der Waals surface area contributed by atoms with Gasteiger partial charge in [0.1, 0.15) is 11.6 Å². The van der Waals surface area contributed by atoms with Crippen LogP contribution in [0.1, 0.15) is 11.3 Å². The third kappa shape index (κ3) is 3.42. The number of benzene rings is 1. The second kappa shape index (κ2) is 6.25. The third-order valence-corrected chi connectivity index (χ3v) is 4.10. The Morgan fingerprint density at radius 3 is 2.78 bits per heavy atom. The van der Waals surface area contributed by atoms with E-state index in [1.807, 2.05) is 6.92 Å². The van der Waals surface area contributed by atoms with Crippen molar-refractivity contribution in [1.82, 2.24) is 15.1 Å². The number of rotatable bonds is 4. The van der Waals surface area contributed by atoms with Crippen LogP contribution in [0.25, 0.3) is 11.3 Å². The first-order chi connectivity index (χ1) is 11.0. The van der Waals surface area contributed by atoms with E-state index in [2.05, 4.69) is 15.1 Å². The smallest absolute Gasteiger partial charge is 0.253 e. The first-order valence-electron chi connectivity index (χ1n) is 6.73. The van der Waals surface area contributed by atoms with Gasteiger partial charge in [-0.2, -0.15) is 0 Å². The highest BCUT2D eigenvalue weighted by Gasteiger charge is 2.14. The molecule has 0 aliphatic rings. The van der Waals surface area contributed by atoms with Crippen LogP contribution in [0, 0.1) is 12.7 Å². The number of aromatic amines is 1. The molecule has 6 nitrogen and oxygen atoms in total. The lowest BCUT2D eigenvalue weighted by Crippen LogP contribution is -2.09. The fourth-order valence-electron chi connectivity index (χ4n) is 2.03. The Morgan fingerprint density at radius 2 is 2.09 bits per heavy atom. The van der Waals surface area contributed by atoms with Crippen molar-refractivity contribution in [2.24, 2.45) is 0 Å². The number of anilines is 1. The van der Waals surface area contributed by atoms with Crippen LogP contribution in [0.3, 0.4) is 0 Å². The molecule has 8 heteroatoms. The minimum Gasteiger partial charge on any atom is -0.383 e. The Labute approximate surface area is 134 Å². The highest BCUT2D eigenvalue weighted by atomic mass is 32.2. The zero-order valence-electron chi connectivity index (χ0n) is 12.2. The Bertz CT molecular complexity index is 889. The number of hydrogen-bond acceptors (Lipinski definition) is 6. The zero-order chi connectivity index (χ0) is 16.4. The summed E-state index contributed by atoms with van der Waals surface area (Å²) in [5, 5.41) is 4.45. The van der Waals surface area contributed by atoms with E-state index in [0.29, 0.717) is 16.7 Å². The topological polar surface area (TPSA) is 97.8 Å². The van der Waals surface area contributed by atoms with Crippen LogP contribution in [-0.2, 0) is 5.75 Å². The number of nitrogens with one attached hydrogen (secondary N) is 1. The van der Waals surface area contributed by atoms with Crippen LogP contribution in [0.4, 0.5) is 10.2 Å². The van der Waals surface area contributed by atoms with E-state index < -0.39 is 0 Å². The maximum atomic E-state index is 13.0. The van der Waals surface area contributed by atoms with Gasteiger partial charge in [0.05, 0.1) is 5.69 Å². The Kier molecular flexibility index (Phi) is 4.16. The zero-order valence-corrected chi connectivity index (χ0v) is 13.0.